The van der Waals surface area contributed by atoms with Crippen LogP contribution in [0.1, 0.15) is 31.4 Å². The normalized spacial score (nSPS) is 11.5. The van der Waals surface area contributed by atoms with Gasteiger partial charge in [-0.1, -0.05) is 29.8 Å². The fourth-order valence-corrected chi connectivity index (χ4v) is 1.50. The number of aryl methyl sites for hydroxylation is 1. The lowest BCUT2D eigenvalue weighted by Gasteiger charge is -2.16. The van der Waals surface area contributed by atoms with E-state index in [1.807, 2.05) is 45.0 Å². The molecule has 0 unspecified atom stereocenters. The topological polar surface area (TPSA) is 43.1 Å². The molecule has 0 aliphatic carbocycles. The van der Waals surface area contributed by atoms with Gasteiger partial charge in [-0.2, -0.15) is 0 Å². The van der Waals surface area contributed by atoms with Gasteiger partial charge in [-0.15, -0.1) is 0 Å². The van der Waals surface area contributed by atoms with Gasteiger partial charge in [0.05, 0.1) is 0 Å². The summed E-state index contributed by atoms with van der Waals surface area (Å²) in [5.74, 6) is 0.200. The highest BCUT2D eigenvalue weighted by molar-refractivity contribution is 5.81. The highest BCUT2D eigenvalue weighted by Gasteiger charge is 2.16. The van der Waals surface area contributed by atoms with E-state index in [9.17, 15) is 4.79 Å². The zero-order chi connectivity index (χ0) is 11.5. The molecule has 1 aromatic rings. The second-order valence-electron chi connectivity index (χ2n) is 4.87. The lowest BCUT2D eigenvalue weighted by Crippen LogP contribution is -2.35. The minimum atomic E-state index is -0.401. The maximum atomic E-state index is 11.6. The molecule has 0 fully saturated rings. The molecule has 0 saturated carbocycles. The average molecular weight is 205 g/mol. The van der Waals surface area contributed by atoms with Crippen LogP contribution in [0, 0.1) is 6.92 Å². The molecule has 1 aromatic carbocycles. The van der Waals surface area contributed by atoms with E-state index in [0.29, 0.717) is 12.8 Å². The third kappa shape index (κ3) is 4.75. The van der Waals surface area contributed by atoms with E-state index < -0.39 is 5.54 Å². The summed E-state index contributed by atoms with van der Waals surface area (Å²) in [5.41, 5.74) is 7.67. The quantitative estimate of drug-likeness (QED) is 0.819. The summed E-state index contributed by atoms with van der Waals surface area (Å²) in [6.45, 7) is 5.79. The molecule has 0 saturated heterocycles. The Balaban J connectivity index is 2.55. The lowest BCUT2D eigenvalue weighted by atomic mass is 9.95. The first-order valence-corrected chi connectivity index (χ1v) is 5.23. The van der Waals surface area contributed by atoms with E-state index in [1.54, 1.807) is 0 Å². The van der Waals surface area contributed by atoms with E-state index >= 15 is 0 Å². The van der Waals surface area contributed by atoms with Crippen LogP contribution in [0.3, 0.4) is 0 Å². The molecule has 0 amide bonds. The number of nitrogens with two attached hydrogens (primary N) is 1. The Morgan fingerprint density at radius 1 is 1.27 bits per heavy atom. The number of rotatable bonds is 4. The van der Waals surface area contributed by atoms with E-state index in [2.05, 4.69) is 0 Å². The minimum absolute atomic E-state index is 0.200. The van der Waals surface area contributed by atoms with E-state index in [0.717, 1.165) is 5.56 Å². The van der Waals surface area contributed by atoms with Gasteiger partial charge in [0.15, 0.2) is 0 Å². The molecule has 0 bridgehead atoms. The van der Waals surface area contributed by atoms with Crippen LogP contribution in [-0.4, -0.2) is 11.3 Å². The van der Waals surface area contributed by atoms with Crippen molar-refractivity contribution >= 4 is 5.78 Å². The van der Waals surface area contributed by atoms with Crippen LogP contribution >= 0.6 is 0 Å². The first kappa shape index (κ1) is 11.9. The summed E-state index contributed by atoms with van der Waals surface area (Å²) in [6.07, 6.45) is 0.918. The third-order valence-corrected chi connectivity index (χ3v) is 2.17. The zero-order valence-corrected chi connectivity index (χ0v) is 9.71. The van der Waals surface area contributed by atoms with Crippen LogP contribution < -0.4 is 5.73 Å². The molecular weight excluding hydrogens is 186 g/mol. The number of Topliss-reactive ketones (excluding diaryl/α,β-unsaturated/α-hetero) is 1. The van der Waals surface area contributed by atoms with Crippen molar-refractivity contribution in [3.8, 4) is 0 Å². The predicted octanol–water partition coefficient (Wildman–Crippen LogP) is 2.23. The molecule has 2 N–H and O–H groups in total. The number of ketones is 1. The van der Waals surface area contributed by atoms with Crippen LogP contribution in [-0.2, 0) is 11.2 Å². The lowest BCUT2D eigenvalue weighted by molar-refractivity contribution is -0.119. The molecule has 0 heterocycles. The minimum Gasteiger partial charge on any atom is -0.325 e. The first-order valence-electron chi connectivity index (χ1n) is 5.23. The average Bonchev–Trinajstić information content (AvgIpc) is 2.05. The van der Waals surface area contributed by atoms with Crippen LogP contribution in [0.5, 0.6) is 0 Å². The second kappa shape index (κ2) is 4.58. The molecule has 2 heteroatoms. The molecule has 0 aromatic heterocycles. The van der Waals surface area contributed by atoms with Crippen molar-refractivity contribution < 1.29 is 4.79 Å². The van der Waals surface area contributed by atoms with E-state index in [-0.39, 0.29) is 5.78 Å². The smallest absolute Gasteiger partial charge is 0.139 e. The van der Waals surface area contributed by atoms with Crippen LogP contribution in [0.15, 0.2) is 24.3 Å². The summed E-state index contributed by atoms with van der Waals surface area (Å²) in [7, 11) is 0. The zero-order valence-electron chi connectivity index (χ0n) is 9.71. The van der Waals surface area contributed by atoms with Gasteiger partial charge in [0.25, 0.3) is 0 Å². The van der Waals surface area contributed by atoms with Crippen LogP contribution in [0.4, 0.5) is 0 Å². The third-order valence-electron chi connectivity index (χ3n) is 2.17. The fraction of sp³-hybridized carbons (Fsp3) is 0.462. The maximum absolute atomic E-state index is 11.6. The fourth-order valence-electron chi connectivity index (χ4n) is 1.50. The van der Waals surface area contributed by atoms with Crippen molar-refractivity contribution in [3.63, 3.8) is 0 Å². The first-order chi connectivity index (χ1) is 6.87. The monoisotopic (exact) mass is 205 g/mol. The molecule has 0 radical (unpaired) electrons. The van der Waals surface area contributed by atoms with Gasteiger partial charge < -0.3 is 5.73 Å². The Kier molecular flexibility index (Phi) is 3.64. The SMILES string of the molecule is Cc1ccc(CC(=O)CC(C)(C)N)cc1. The molecule has 0 spiro atoms. The summed E-state index contributed by atoms with van der Waals surface area (Å²) >= 11 is 0. The highest BCUT2D eigenvalue weighted by Crippen LogP contribution is 2.09. The summed E-state index contributed by atoms with van der Waals surface area (Å²) in [5, 5.41) is 0. The Hall–Kier alpha value is -1.15. The number of carbonyl (C=O) groups excluding carboxylic acids is 1. The van der Waals surface area contributed by atoms with Crippen molar-refractivity contribution in [2.45, 2.75) is 39.2 Å². The molecule has 82 valence electrons. The number of carbonyl (C=O) groups is 1. The van der Waals surface area contributed by atoms with Crippen molar-refractivity contribution in [3.05, 3.63) is 35.4 Å². The van der Waals surface area contributed by atoms with Gasteiger partial charge in [-0.05, 0) is 26.3 Å². The maximum Gasteiger partial charge on any atom is 0.139 e. The molecular formula is C13H19NO. The molecule has 15 heavy (non-hydrogen) atoms. The van der Waals surface area contributed by atoms with Gasteiger partial charge in [-0.3, -0.25) is 4.79 Å². The van der Waals surface area contributed by atoms with E-state index in [1.165, 1.54) is 5.56 Å². The van der Waals surface area contributed by atoms with Crippen molar-refractivity contribution in [1.82, 2.24) is 0 Å². The summed E-state index contributed by atoms with van der Waals surface area (Å²) in [4.78, 5) is 11.6. The standard InChI is InChI=1S/C13H19NO/c1-10-4-6-11(7-5-10)8-12(15)9-13(2,3)14/h4-7H,8-9,14H2,1-3H3. The molecule has 1 rings (SSSR count). The van der Waals surface area contributed by atoms with Gasteiger partial charge in [-0.25, -0.2) is 0 Å². The van der Waals surface area contributed by atoms with Gasteiger partial charge in [0, 0.05) is 18.4 Å². The Morgan fingerprint density at radius 3 is 2.27 bits per heavy atom. The van der Waals surface area contributed by atoms with Crippen LogP contribution in [0.25, 0.3) is 0 Å². The van der Waals surface area contributed by atoms with Gasteiger partial charge >= 0.3 is 0 Å². The molecule has 0 aliphatic heterocycles. The Bertz CT molecular complexity index is 333. The summed E-state index contributed by atoms with van der Waals surface area (Å²) < 4.78 is 0. The predicted molar refractivity (Wildman–Crippen MR) is 62.8 cm³/mol. The van der Waals surface area contributed by atoms with Crippen molar-refractivity contribution in [1.29, 1.82) is 0 Å². The van der Waals surface area contributed by atoms with E-state index in [4.69, 9.17) is 5.73 Å². The molecule has 0 aliphatic rings. The number of benzene rings is 1. The molecule has 2 nitrogen and oxygen atoms in total. The van der Waals surface area contributed by atoms with Crippen LogP contribution in [0.2, 0.25) is 0 Å². The van der Waals surface area contributed by atoms with Gasteiger partial charge in [0.2, 0.25) is 0 Å². The van der Waals surface area contributed by atoms with Gasteiger partial charge in [0.1, 0.15) is 5.78 Å². The largest absolute Gasteiger partial charge is 0.325 e. The second-order valence-corrected chi connectivity index (χ2v) is 4.87. The van der Waals surface area contributed by atoms with Crippen molar-refractivity contribution in [2.24, 2.45) is 5.73 Å². The van der Waals surface area contributed by atoms with Crippen molar-refractivity contribution in [2.75, 3.05) is 0 Å². The summed E-state index contributed by atoms with van der Waals surface area (Å²) in [6, 6.07) is 8.04. The Labute approximate surface area is 91.5 Å². The highest BCUT2D eigenvalue weighted by atomic mass is 16.1. The number of hydrogen-bond donors (Lipinski definition) is 1. The Morgan fingerprint density at radius 2 is 1.80 bits per heavy atom. The number of hydrogen-bond acceptors (Lipinski definition) is 2. The molecule has 0 atom stereocenters.